The first-order valence-corrected chi connectivity index (χ1v) is 10.6. The van der Waals surface area contributed by atoms with E-state index in [1.54, 1.807) is 37.4 Å². The van der Waals surface area contributed by atoms with Crippen LogP contribution in [0.3, 0.4) is 0 Å². The zero-order chi connectivity index (χ0) is 24.4. The van der Waals surface area contributed by atoms with E-state index in [4.69, 9.17) is 25.4 Å². The molecule has 1 aliphatic heterocycles. The third kappa shape index (κ3) is 4.42. The van der Waals surface area contributed by atoms with Crippen molar-refractivity contribution in [3.8, 4) is 17.4 Å². The van der Waals surface area contributed by atoms with E-state index in [9.17, 15) is 4.79 Å². The molecule has 178 valence electrons. The summed E-state index contributed by atoms with van der Waals surface area (Å²) in [7, 11) is 1.56. The van der Waals surface area contributed by atoms with E-state index in [2.05, 4.69) is 25.4 Å². The molecule has 35 heavy (non-hydrogen) atoms. The lowest BCUT2D eigenvalue weighted by Crippen LogP contribution is -2.18. The Kier molecular flexibility index (Phi) is 5.85. The minimum absolute atomic E-state index is 0.0292. The molecule has 0 saturated carbocycles. The maximum absolute atomic E-state index is 12.7. The van der Waals surface area contributed by atoms with Crippen LogP contribution in [0.15, 0.2) is 59.7 Å². The van der Waals surface area contributed by atoms with Crippen LogP contribution in [-0.4, -0.2) is 44.5 Å². The summed E-state index contributed by atoms with van der Waals surface area (Å²) in [5.74, 6) is 1.60. The highest BCUT2D eigenvalue weighted by Gasteiger charge is 2.25. The van der Waals surface area contributed by atoms with Gasteiger partial charge in [-0.3, -0.25) is 10.4 Å². The van der Waals surface area contributed by atoms with Crippen molar-refractivity contribution >= 4 is 11.5 Å². The first kappa shape index (κ1) is 22.1. The Hall–Kier alpha value is -4.71. The monoisotopic (exact) mass is 474 g/mol. The number of amidine groups is 1. The van der Waals surface area contributed by atoms with E-state index in [1.807, 2.05) is 12.1 Å². The number of nitrogens with one attached hydrogen (secondary N) is 3. The highest BCUT2D eigenvalue weighted by atomic mass is 16.7. The largest absolute Gasteiger partial charge is 0.493 e. The lowest BCUT2D eigenvalue weighted by atomic mass is 10.0. The van der Waals surface area contributed by atoms with Gasteiger partial charge in [0.05, 0.1) is 13.7 Å². The number of hydrogen-bond donors (Lipinski definition) is 4. The molecular formula is C23H22N8O4. The van der Waals surface area contributed by atoms with Crippen molar-refractivity contribution in [3.05, 3.63) is 87.9 Å². The van der Waals surface area contributed by atoms with Crippen molar-refractivity contribution < 1.29 is 14.2 Å². The van der Waals surface area contributed by atoms with Gasteiger partial charge in [0.25, 0.3) is 5.95 Å². The number of nitrogen functional groups attached to an aromatic ring is 1. The maximum Gasteiger partial charge on any atom is 0.350 e. The molecule has 2 aromatic heterocycles. The van der Waals surface area contributed by atoms with Gasteiger partial charge in [0.1, 0.15) is 11.9 Å². The van der Waals surface area contributed by atoms with Gasteiger partial charge in [0, 0.05) is 29.2 Å². The van der Waals surface area contributed by atoms with Crippen LogP contribution in [0.5, 0.6) is 11.5 Å². The van der Waals surface area contributed by atoms with Crippen LogP contribution in [0.1, 0.15) is 28.6 Å². The van der Waals surface area contributed by atoms with Crippen molar-refractivity contribution in [3.63, 3.8) is 0 Å². The van der Waals surface area contributed by atoms with Gasteiger partial charge in [0.2, 0.25) is 0 Å². The number of nitrogens with two attached hydrogens (primary N) is 1. The first-order valence-electron chi connectivity index (χ1n) is 10.6. The van der Waals surface area contributed by atoms with Gasteiger partial charge < -0.3 is 25.3 Å². The number of rotatable bonds is 7. The number of fused-ring (bicyclic) bond motifs is 1. The van der Waals surface area contributed by atoms with E-state index in [-0.39, 0.29) is 18.6 Å². The van der Waals surface area contributed by atoms with E-state index >= 15 is 0 Å². The van der Waals surface area contributed by atoms with Crippen LogP contribution in [0.2, 0.25) is 0 Å². The normalized spacial score (nSPS) is 13.4. The van der Waals surface area contributed by atoms with Crippen molar-refractivity contribution in [1.82, 2.24) is 24.7 Å². The number of anilines is 1. The molecule has 12 nitrogen and oxygen atoms in total. The lowest BCUT2D eigenvalue weighted by molar-refractivity contribution is -0.0180. The number of H-pyrrole nitrogens is 1. The van der Waals surface area contributed by atoms with E-state index < -0.39 is 11.7 Å². The first-order chi connectivity index (χ1) is 17.0. The topological polar surface area (TPSA) is 166 Å². The minimum atomic E-state index is -0.600. The average Bonchev–Trinajstić information content (AvgIpc) is 3.28. The molecule has 0 amide bonds. The number of aromatic amines is 1. The molecule has 0 bridgehead atoms. The molecule has 0 aliphatic carbocycles. The second-order valence-electron chi connectivity index (χ2n) is 7.67. The lowest BCUT2D eigenvalue weighted by Gasteiger charge is -2.24. The molecule has 1 atom stereocenters. The van der Waals surface area contributed by atoms with Crippen LogP contribution >= 0.6 is 0 Å². The maximum atomic E-state index is 12.7. The highest BCUT2D eigenvalue weighted by molar-refractivity contribution is 5.95. The molecule has 5 rings (SSSR count). The Morgan fingerprint density at radius 3 is 2.74 bits per heavy atom. The standard InChI is InChI=1S/C23H22N8O4/c1-33-17-10-14(9-15-11-34-12-35-19(15)17)18(28-16-5-3-13(4-6-16)20(24)25)21-29-23(32)31(30-21)22-26-7-2-8-27-22/h2-10,18,28H,11-12H2,1H3,(H3,24,25)(H,29,30,32). The number of methoxy groups -OCH3 is 1. The zero-order valence-electron chi connectivity index (χ0n) is 18.7. The van der Waals surface area contributed by atoms with Gasteiger partial charge in [-0.1, -0.05) is 0 Å². The Labute approximate surface area is 199 Å². The number of ether oxygens (including phenoxy) is 3. The van der Waals surface area contributed by atoms with Gasteiger partial charge in [-0.2, -0.15) is 0 Å². The summed E-state index contributed by atoms with van der Waals surface area (Å²) in [6.45, 7) is 0.490. The van der Waals surface area contributed by atoms with E-state index in [0.717, 1.165) is 21.5 Å². The molecular weight excluding hydrogens is 452 g/mol. The Morgan fingerprint density at radius 1 is 1.26 bits per heavy atom. The van der Waals surface area contributed by atoms with Gasteiger partial charge in [-0.25, -0.2) is 14.8 Å². The molecule has 2 aromatic carbocycles. The summed E-state index contributed by atoms with van der Waals surface area (Å²) in [6, 6.07) is 11.8. The number of benzene rings is 2. The van der Waals surface area contributed by atoms with Crippen LogP contribution in [0, 0.1) is 5.41 Å². The predicted octanol–water partition coefficient (Wildman–Crippen LogP) is 1.71. The Morgan fingerprint density at radius 2 is 2.03 bits per heavy atom. The van der Waals surface area contributed by atoms with Crippen LogP contribution in [0.4, 0.5) is 5.69 Å². The quantitative estimate of drug-likeness (QED) is 0.230. The second kappa shape index (κ2) is 9.27. The molecule has 12 heteroatoms. The molecule has 4 aromatic rings. The molecule has 3 heterocycles. The Bertz CT molecular complexity index is 1400. The van der Waals surface area contributed by atoms with Gasteiger partial charge >= 0.3 is 5.69 Å². The molecule has 0 saturated heterocycles. The summed E-state index contributed by atoms with van der Waals surface area (Å²) >= 11 is 0. The highest BCUT2D eigenvalue weighted by Crippen LogP contribution is 2.38. The fraction of sp³-hybridized carbons (Fsp3) is 0.174. The third-order valence-corrected chi connectivity index (χ3v) is 5.41. The number of aromatic nitrogens is 5. The van der Waals surface area contributed by atoms with Crippen molar-refractivity contribution in [2.45, 2.75) is 12.6 Å². The smallest absolute Gasteiger partial charge is 0.350 e. The van der Waals surface area contributed by atoms with Crippen LogP contribution in [-0.2, 0) is 11.3 Å². The molecule has 1 unspecified atom stereocenters. The third-order valence-electron chi connectivity index (χ3n) is 5.41. The number of hydrogen-bond acceptors (Lipinski definition) is 9. The fourth-order valence-electron chi connectivity index (χ4n) is 3.75. The SMILES string of the molecule is COc1cc(C(Nc2ccc(C(=N)N)cc2)c2nn(-c3ncccn3)c(=O)[nH]2)cc2c1OCOC2. The second-order valence-corrected chi connectivity index (χ2v) is 7.67. The molecule has 5 N–H and O–H groups in total. The molecule has 1 aliphatic rings. The summed E-state index contributed by atoms with van der Waals surface area (Å²) < 4.78 is 17.7. The van der Waals surface area contributed by atoms with E-state index in [0.29, 0.717) is 29.5 Å². The van der Waals surface area contributed by atoms with Crippen LogP contribution < -0.4 is 26.2 Å². The molecule has 0 fully saturated rings. The van der Waals surface area contributed by atoms with Crippen molar-refractivity contribution in [1.29, 1.82) is 5.41 Å². The number of nitrogens with zero attached hydrogens (tertiary/aromatic N) is 4. The van der Waals surface area contributed by atoms with E-state index in [1.165, 1.54) is 12.4 Å². The summed E-state index contributed by atoms with van der Waals surface area (Å²) in [4.78, 5) is 23.8. The fourth-order valence-corrected chi connectivity index (χ4v) is 3.75. The zero-order valence-corrected chi connectivity index (χ0v) is 18.7. The van der Waals surface area contributed by atoms with Gasteiger partial charge in [-0.15, -0.1) is 9.78 Å². The van der Waals surface area contributed by atoms with Crippen molar-refractivity contribution in [2.24, 2.45) is 5.73 Å². The summed E-state index contributed by atoms with van der Waals surface area (Å²) in [5, 5.41) is 15.5. The summed E-state index contributed by atoms with van der Waals surface area (Å²) in [5.41, 5.74) is 7.96. The molecule has 0 radical (unpaired) electrons. The average molecular weight is 474 g/mol. The van der Waals surface area contributed by atoms with Crippen LogP contribution in [0.25, 0.3) is 5.95 Å². The predicted molar refractivity (Wildman–Crippen MR) is 126 cm³/mol. The molecule has 0 spiro atoms. The minimum Gasteiger partial charge on any atom is -0.493 e. The summed E-state index contributed by atoms with van der Waals surface area (Å²) in [6.07, 6.45) is 3.06. The van der Waals surface area contributed by atoms with Crippen molar-refractivity contribution in [2.75, 3.05) is 19.2 Å². The van der Waals surface area contributed by atoms with Gasteiger partial charge in [0.15, 0.2) is 24.1 Å². The Balaban J connectivity index is 1.60. The van der Waals surface area contributed by atoms with Gasteiger partial charge in [-0.05, 0) is 48.0 Å².